The van der Waals surface area contributed by atoms with Crippen molar-refractivity contribution in [1.82, 2.24) is 0 Å². The number of anilines is 1. The number of hydrogen-bond donors (Lipinski definition) is 1. The molecular weight excluding hydrogens is 354 g/mol. The lowest BCUT2D eigenvalue weighted by Crippen LogP contribution is -2.30. The number of aryl methyl sites for hydroxylation is 2. The van der Waals surface area contributed by atoms with Gasteiger partial charge < -0.3 is 10.1 Å². The van der Waals surface area contributed by atoms with E-state index in [1.54, 1.807) is 6.07 Å². The SMILES string of the molecule is Cc1ccc(NC(=O)[C@H](C)OC(=O)c2ccccc2S(C)(=O)=O)c(C)c1. The van der Waals surface area contributed by atoms with Crippen LogP contribution in [-0.2, 0) is 19.4 Å². The zero-order valence-electron chi connectivity index (χ0n) is 15.1. The fourth-order valence-electron chi connectivity index (χ4n) is 2.42. The first-order chi connectivity index (χ1) is 12.1. The predicted octanol–water partition coefficient (Wildman–Crippen LogP) is 2.89. The molecule has 0 aliphatic rings. The minimum atomic E-state index is -3.59. The van der Waals surface area contributed by atoms with Gasteiger partial charge in [-0.15, -0.1) is 0 Å². The monoisotopic (exact) mass is 375 g/mol. The molecule has 0 spiro atoms. The summed E-state index contributed by atoms with van der Waals surface area (Å²) in [5.74, 6) is -1.36. The van der Waals surface area contributed by atoms with Gasteiger partial charge in [0.1, 0.15) is 0 Å². The first-order valence-corrected chi connectivity index (χ1v) is 9.87. The van der Waals surface area contributed by atoms with Crippen LogP contribution < -0.4 is 5.32 Å². The van der Waals surface area contributed by atoms with Gasteiger partial charge >= 0.3 is 5.97 Å². The van der Waals surface area contributed by atoms with E-state index in [9.17, 15) is 18.0 Å². The summed E-state index contributed by atoms with van der Waals surface area (Å²) in [5.41, 5.74) is 2.48. The molecule has 1 amide bonds. The van der Waals surface area contributed by atoms with E-state index >= 15 is 0 Å². The lowest BCUT2D eigenvalue weighted by atomic mass is 10.1. The van der Waals surface area contributed by atoms with Crippen LogP contribution in [0.2, 0.25) is 0 Å². The molecular formula is C19H21NO5S. The largest absolute Gasteiger partial charge is 0.449 e. The van der Waals surface area contributed by atoms with Gasteiger partial charge in [0, 0.05) is 11.9 Å². The summed E-state index contributed by atoms with van der Waals surface area (Å²) in [6, 6.07) is 11.3. The molecule has 138 valence electrons. The fraction of sp³-hybridized carbons (Fsp3) is 0.263. The minimum Gasteiger partial charge on any atom is -0.449 e. The number of ether oxygens (including phenoxy) is 1. The molecule has 0 fully saturated rings. The first-order valence-electron chi connectivity index (χ1n) is 7.98. The van der Waals surface area contributed by atoms with Gasteiger partial charge in [0.15, 0.2) is 15.9 Å². The number of carbonyl (C=O) groups is 2. The Morgan fingerprint density at radius 2 is 1.73 bits per heavy atom. The summed E-state index contributed by atoms with van der Waals surface area (Å²) in [6.45, 7) is 5.24. The minimum absolute atomic E-state index is 0.0961. The van der Waals surface area contributed by atoms with Crippen LogP contribution in [-0.4, -0.2) is 32.7 Å². The number of rotatable bonds is 5. The Hall–Kier alpha value is -2.67. The second kappa shape index (κ2) is 7.70. The zero-order chi connectivity index (χ0) is 19.5. The predicted molar refractivity (Wildman–Crippen MR) is 99.0 cm³/mol. The number of benzene rings is 2. The third kappa shape index (κ3) is 4.70. The third-order valence-electron chi connectivity index (χ3n) is 3.80. The molecule has 1 atom stereocenters. The maximum absolute atomic E-state index is 12.3. The van der Waals surface area contributed by atoms with Gasteiger partial charge in [0.05, 0.1) is 10.5 Å². The van der Waals surface area contributed by atoms with Crippen LogP contribution in [0.4, 0.5) is 5.69 Å². The Morgan fingerprint density at radius 3 is 2.35 bits per heavy atom. The highest BCUT2D eigenvalue weighted by Crippen LogP contribution is 2.19. The van der Waals surface area contributed by atoms with Gasteiger partial charge in [-0.25, -0.2) is 13.2 Å². The normalized spacial score (nSPS) is 12.3. The number of carbonyl (C=O) groups excluding carboxylic acids is 2. The van der Waals surface area contributed by atoms with Crippen molar-refractivity contribution in [2.75, 3.05) is 11.6 Å². The van der Waals surface area contributed by atoms with E-state index in [4.69, 9.17) is 4.74 Å². The number of sulfone groups is 1. The molecule has 2 rings (SSSR count). The smallest absolute Gasteiger partial charge is 0.340 e. The lowest BCUT2D eigenvalue weighted by molar-refractivity contribution is -0.123. The van der Waals surface area contributed by atoms with Gasteiger partial charge in [-0.05, 0) is 44.5 Å². The average molecular weight is 375 g/mol. The van der Waals surface area contributed by atoms with Crippen LogP contribution in [0.15, 0.2) is 47.4 Å². The maximum atomic E-state index is 12.3. The first kappa shape index (κ1) is 19.7. The summed E-state index contributed by atoms with van der Waals surface area (Å²) in [7, 11) is -3.59. The summed E-state index contributed by atoms with van der Waals surface area (Å²) < 4.78 is 28.7. The third-order valence-corrected chi connectivity index (χ3v) is 4.95. The van der Waals surface area contributed by atoms with E-state index in [0.29, 0.717) is 5.69 Å². The van der Waals surface area contributed by atoms with Gasteiger partial charge in [0.25, 0.3) is 5.91 Å². The van der Waals surface area contributed by atoms with Crippen molar-refractivity contribution in [2.24, 2.45) is 0 Å². The van der Waals surface area contributed by atoms with Crippen LogP contribution in [0.5, 0.6) is 0 Å². The molecule has 0 aliphatic heterocycles. The summed E-state index contributed by atoms with van der Waals surface area (Å²) in [4.78, 5) is 24.5. The standard InChI is InChI=1S/C19H21NO5S/c1-12-9-10-16(13(2)11-12)20-18(21)14(3)25-19(22)15-7-5-6-8-17(15)26(4,23)24/h5-11,14H,1-4H3,(H,20,21)/t14-/m0/s1. The van der Waals surface area contributed by atoms with E-state index < -0.39 is 27.8 Å². The number of amides is 1. The Balaban J connectivity index is 2.13. The fourth-order valence-corrected chi connectivity index (χ4v) is 3.30. The second-order valence-electron chi connectivity index (χ2n) is 6.12. The van der Waals surface area contributed by atoms with Crippen molar-refractivity contribution in [1.29, 1.82) is 0 Å². The molecule has 2 aromatic rings. The van der Waals surface area contributed by atoms with E-state index in [0.717, 1.165) is 17.4 Å². The molecule has 6 nitrogen and oxygen atoms in total. The highest BCUT2D eigenvalue weighted by atomic mass is 32.2. The molecule has 0 aliphatic carbocycles. The Labute approximate surface area is 153 Å². The molecule has 0 unspecified atom stereocenters. The van der Waals surface area contributed by atoms with Crippen molar-refractivity contribution in [3.8, 4) is 0 Å². The molecule has 0 radical (unpaired) electrons. The van der Waals surface area contributed by atoms with Gasteiger partial charge in [-0.1, -0.05) is 29.8 Å². The van der Waals surface area contributed by atoms with Crippen LogP contribution >= 0.6 is 0 Å². The van der Waals surface area contributed by atoms with E-state index in [1.165, 1.54) is 31.2 Å². The molecule has 0 aromatic heterocycles. The van der Waals surface area contributed by atoms with Gasteiger partial charge in [-0.2, -0.15) is 0 Å². The van der Waals surface area contributed by atoms with Crippen molar-refractivity contribution in [2.45, 2.75) is 31.8 Å². The molecule has 2 aromatic carbocycles. The van der Waals surface area contributed by atoms with Gasteiger partial charge in [-0.3, -0.25) is 4.79 Å². The molecule has 0 bridgehead atoms. The van der Waals surface area contributed by atoms with E-state index in [1.807, 2.05) is 26.0 Å². The molecule has 26 heavy (non-hydrogen) atoms. The van der Waals surface area contributed by atoms with Crippen LogP contribution in [0.25, 0.3) is 0 Å². The summed E-state index contributed by atoms with van der Waals surface area (Å²) >= 11 is 0. The highest BCUT2D eigenvalue weighted by molar-refractivity contribution is 7.90. The van der Waals surface area contributed by atoms with Crippen LogP contribution in [0.1, 0.15) is 28.4 Å². The quantitative estimate of drug-likeness (QED) is 0.812. The van der Waals surface area contributed by atoms with Crippen molar-refractivity contribution >= 4 is 27.4 Å². The zero-order valence-corrected chi connectivity index (χ0v) is 15.9. The summed E-state index contributed by atoms with van der Waals surface area (Å²) in [5, 5.41) is 2.70. The molecule has 0 saturated carbocycles. The topological polar surface area (TPSA) is 89.5 Å². The van der Waals surface area contributed by atoms with E-state index in [2.05, 4.69) is 5.32 Å². The summed E-state index contributed by atoms with van der Waals surface area (Å²) in [6.07, 6.45) is -0.0779. The maximum Gasteiger partial charge on any atom is 0.340 e. The van der Waals surface area contributed by atoms with Crippen molar-refractivity contribution < 1.29 is 22.7 Å². The number of hydrogen-bond acceptors (Lipinski definition) is 5. The second-order valence-corrected chi connectivity index (χ2v) is 8.11. The lowest BCUT2D eigenvalue weighted by Gasteiger charge is -2.16. The highest BCUT2D eigenvalue weighted by Gasteiger charge is 2.24. The van der Waals surface area contributed by atoms with E-state index in [-0.39, 0.29) is 10.5 Å². The van der Waals surface area contributed by atoms with Gasteiger partial charge in [0.2, 0.25) is 0 Å². The number of nitrogens with one attached hydrogen (secondary N) is 1. The van der Waals surface area contributed by atoms with Crippen LogP contribution in [0.3, 0.4) is 0 Å². The Kier molecular flexibility index (Phi) is 5.82. The average Bonchev–Trinajstić information content (AvgIpc) is 2.56. The molecule has 0 saturated heterocycles. The number of esters is 1. The van der Waals surface area contributed by atoms with Crippen LogP contribution in [0, 0.1) is 13.8 Å². The van der Waals surface area contributed by atoms with Crippen molar-refractivity contribution in [3.05, 3.63) is 59.2 Å². The molecule has 0 heterocycles. The Morgan fingerprint density at radius 1 is 1.08 bits per heavy atom. The molecule has 1 N–H and O–H groups in total. The molecule has 7 heteroatoms. The van der Waals surface area contributed by atoms with Crippen molar-refractivity contribution in [3.63, 3.8) is 0 Å². The Bertz CT molecular complexity index is 950.